The second-order valence-corrected chi connectivity index (χ2v) is 0.622. The van der Waals surface area contributed by atoms with Crippen molar-refractivity contribution in [1.29, 1.82) is 0 Å². The predicted molar refractivity (Wildman–Crippen MR) is 89.8 cm³/mol. The van der Waals surface area contributed by atoms with E-state index < -0.39 is 0 Å². The first-order valence-electron chi connectivity index (χ1n) is 7.14. The van der Waals surface area contributed by atoms with Gasteiger partial charge in [-0.2, -0.15) is 0 Å². The van der Waals surface area contributed by atoms with E-state index in [1.54, 1.807) is 0 Å². The quantitative estimate of drug-likeness (QED) is 0.375. The summed E-state index contributed by atoms with van der Waals surface area (Å²) in [6.45, 7) is 32.0. The van der Waals surface area contributed by atoms with E-state index in [9.17, 15) is 0 Å². The van der Waals surface area contributed by atoms with Crippen molar-refractivity contribution in [3.63, 3.8) is 0 Å². The third kappa shape index (κ3) is 1640. The van der Waals surface area contributed by atoms with Gasteiger partial charge in [0.25, 0.3) is 0 Å². The molecule has 1 nitrogen and oxygen atoms in total. The van der Waals surface area contributed by atoms with E-state index in [0.717, 1.165) is 6.61 Å². The van der Waals surface area contributed by atoms with Gasteiger partial charge in [-0.25, -0.2) is 0 Å². The number of ether oxygens (including phenoxy) is 1. The van der Waals surface area contributed by atoms with Gasteiger partial charge < -0.3 is 4.74 Å². The van der Waals surface area contributed by atoms with Crippen molar-refractivity contribution in [1.82, 2.24) is 0 Å². The molecule has 0 radical (unpaired) electrons. The molecule has 0 spiro atoms. The maximum absolute atomic E-state index is 4.60. The van der Waals surface area contributed by atoms with Crippen LogP contribution in [-0.2, 0) is 4.74 Å². The highest BCUT2D eigenvalue weighted by Crippen LogP contribution is 1.65. The zero-order valence-corrected chi connectivity index (χ0v) is 14.8. The highest BCUT2D eigenvalue weighted by atomic mass is 16.5. The molecule has 0 saturated heterocycles. The molecule has 0 aliphatic heterocycles. The summed E-state index contributed by atoms with van der Waals surface area (Å²) in [5, 5.41) is 0. The average molecular weight is 251 g/mol. The van der Waals surface area contributed by atoms with Crippen LogP contribution in [-0.4, -0.2) is 6.61 Å². The third-order valence-corrected chi connectivity index (χ3v) is 0.285. The van der Waals surface area contributed by atoms with Gasteiger partial charge in [0.05, 0.1) is 12.9 Å². The Morgan fingerprint density at radius 1 is 0.706 bits per heavy atom. The van der Waals surface area contributed by atoms with E-state index in [1.165, 1.54) is 6.26 Å². The topological polar surface area (TPSA) is 9.23 Å². The SMILES string of the molecule is C=C.C=COCC.CC.CC.CC.CC.CC. The van der Waals surface area contributed by atoms with Crippen LogP contribution in [0.5, 0.6) is 0 Å². The molecule has 0 atom stereocenters. The molecule has 0 unspecified atom stereocenters. The largest absolute Gasteiger partial charge is 0.502 e. The molecule has 0 aromatic rings. The Hall–Kier alpha value is -0.720. The summed E-state index contributed by atoms with van der Waals surface area (Å²) in [6.07, 6.45) is 1.43. The molecular formula is C16H42O. The van der Waals surface area contributed by atoms with E-state index in [0.29, 0.717) is 0 Å². The lowest BCUT2D eigenvalue weighted by Gasteiger charge is -1.84. The van der Waals surface area contributed by atoms with Crippen LogP contribution in [0.25, 0.3) is 0 Å². The van der Waals surface area contributed by atoms with Gasteiger partial charge in [-0.15, -0.1) is 13.2 Å². The maximum Gasteiger partial charge on any atom is 0.0844 e. The Labute approximate surface area is 114 Å². The van der Waals surface area contributed by atoms with Crippen LogP contribution in [0, 0.1) is 0 Å². The molecule has 112 valence electrons. The smallest absolute Gasteiger partial charge is 0.0844 e. The predicted octanol–water partition coefficient (Wildman–Crippen LogP) is 7.10. The molecule has 1 heteroatoms. The number of rotatable bonds is 2. The molecule has 0 aliphatic rings. The Morgan fingerprint density at radius 2 is 0.882 bits per heavy atom. The van der Waals surface area contributed by atoms with Crippen LogP contribution in [0.15, 0.2) is 26.0 Å². The van der Waals surface area contributed by atoms with Crippen molar-refractivity contribution in [2.45, 2.75) is 76.2 Å². The summed E-state index contributed by atoms with van der Waals surface area (Å²) >= 11 is 0. The van der Waals surface area contributed by atoms with Gasteiger partial charge in [0.1, 0.15) is 0 Å². The van der Waals surface area contributed by atoms with E-state index in [4.69, 9.17) is 0 Å². The van der Waals surface area contributed by atoms with Crippen molar-refractivity contribution < 1.29 is 4.74 Å². The fraction of sp³-hybridized carbons (Fsp3) is 0.750. The first-order valence-corrected chi connectivity index (χ1v) is 7.14. The fourth-order valence-electron chi connectivity index (χ4n) is 0.118. The van der Waals surface area contributed by atoms with Crippen molar-refractivity contribution >= 4 is 0 Å². The summed E-state index contributed by atoms with van der Waals surface area (Å²) < 4.78 is 4.60. The third-order valence-electron chi connectivity index (χ3n) is 0.285. The fourth-order valence-corrected chi connectivity index (χ4v) is 0.118. The van der Waals surface area contributed by atoms with Gasteiger partial charge in [-0.05, 0) is 6.92 Å². The van der Waals surface area contributed by atoms with Gasteiger partial charge in [0, 0.05) is 0 Å². The zero-order chi connectivity index (χ0) is 16.1. The second-order valence-electron chi connectivity index (χ2n) is 0.622. The van der Waals surface area contributed by atoms with Gasteiger partial charge in [0.15, 0.2) is 0 Å². The summed E-state index contributed by atoms with van der Waals surface area (Å²) in [7, 11) is 0. The molecule has 0 amide bonds. The zero-order valence-electron chi connectivity index (χ0n) is 14.8. The normalized spacial score (nSPS) is 3.94. The van der Waals surface area contributed by atoms with Gasteiger partial charge in [-0.1, -0.05) is 75.8 Å². The van der Waals surface area contributed by atoms with Gasteiger partial charge in [-0.3, -0.25) is 0 Å². The standard InChI is InChI=1S/C4H8O.5C2H6.C2H4/c1-3-5-4-2;6*1-2/h3H,1,4H2,2H3;5*1-2H3;1-2H2. The summed E-state index contributed by atoms with van der Waals surface area (Å²) in [6, 6.07) is 0. The molecule has 0 aromatic heterocycles. The minimum absolute atomic E-state index is 0.726. The van der Waals surface area contributed by atoms with E-state index in [-0.39, 0.29) is 0 Å². The first-order chi connectivity index (χ1) is 8.41. The molecule has 17 heavy (non-hydrogen) atoms. The van der Waals surface area contributed by atoms with Crippen LogP contribution in [0.1, 0.15) is 76.2 Å². The molecule has 0 aromatic carbocycles. The lowest BCUT2D eigenvalue weighted by atomic mass is 10.9. The molecular weight excluding hydrogens is 208 g/mol. The van der Waals surface area contributed by atoms with E-state index in [1.807, 2.05) is 76.2 Å². The van der Waals surface area contributed by atoms with Crippen LogP contribution in [0.4, 0.5) is 0 Å². The molecule has 0 fully saturated rings. The minimum Gasteiger partial charge on any atom is -0.502 e. The van der Waals surface area contributed by atoms with Crippen molar-refractivity contribution in [2.24, 2.45) is 0 Å². The monoisotopic (exact) mass is 250 g/mol. The number of hydrogen-bond acceptors (Lipinski definition) is 1. The highest BCUT2D eigenvalue weighted by molar-refractivity contribution is 4.45. The van der Waals surface area contributed by atoms with Crippen molar-refractivity contribution in [2.75, 3.05) is 6.61 Å². The highest BCUT2D eigenvalue weighted by Gasteiger charge is 1.55. The van der Waals surface area contributed by atoms with Gasteiger partial charge in [0.2, 0.25) is 0 Å². The second kappa shape index (κ2) is 599. The lowest BCUT2D eigenvalue weighted by molar-refractivity contribution is 0.270. The molecule has 0 bridgehead atoms. The lowest BCUT2D eigenvalue weighted by Crippen LogP contribution is -1.72. The first kappa shape index (κ1) is 44.1. The van der Waals surface area contributed by atoms with Crippen LogP contribution >= 0.6 is 0 Å². The Bertz CT molecular complexity index is 34.5. The summed E-state index contributed by atoms with van der Waals surface area (Å²) in [5.41, 5.74) is 0. The molecule has 0 saturated carbocycles. The molecule has 0 N–H and O–H groups in total. The molecule has 0 rings (SSSR count). The van der Waals surface area contributed by atoms with E-state index >= 15 is 0 Å². The molecule has 0 aliphatic carbocycles. The van der Waals surface area contributed by atoms with Crippen LogP contribution < -0.4 is 0 Å². The molecule has 0 heterocycles. The summed E-state index contributed by atoms with van der Waals surface area (Å²) in [5.74, 6) is 0. The van der Waals surface area contributed by atoms with E-state index in [2.05, 4.69) is 24.5 Å². The number of hydrogen-bond donors (Lipinski definition) is 0. The Morgan fingerprint density at radius 3 is 0.882 bits per heavy atom. The Kier molecular flexibility index (Phi) is 1560. The average Bonchev–Trinajstić information content (AvgIpc) is 2.52. The van der Waals surface area contributed by atoms with Gasteiger partial charge >= 0.3 is 0 Å². The van der Waals surface area contributed by atoms with Crippen molar-refractivity contribution in [3.8, 4) is 0 Å². The Balaban J connectivity index is -0.0000000147. The minimum atomic E-state index is 0.726. The van der Waals surface area contributed by atoms with Crippen LogP contribution in [0.3, 0.4) is 0 Å². The van der Waals surface area contributed by atoms with Crippen LogP contribution in [0.2, 0.25) is 0 Å². The summed E-state index contributed by atoms with van der Waals surface area (Å²) in [4.78, 5) is 0. The van der Waals surface area contributed by atoms with Crippen molar-refractivity contribution in [3.05, 3.63) is 26.0 Å². The maximum atomic E-state index is 4.60.